The van der Waals surface area contributed by atoms with E-state index in [2.05, 4.69) is 15.0 Å². The van der Waals surface area contributed by atoms with Crippen LogP contribution in [0.1, 0.15) is 5.69 Å². The second kappa shape index (κ2) is 5.20. The van der Waals surface area contributed by atoms with E-state index in [9.17, 15) is 4.79 Å². The first-order chi connectivity index (χ1) is 8.13. The summed E-state index contributed by atoms with van der Waals surface area (Å²) in [4.78, 5) is 21.9. The summed E-state index contributed by atoms with van der Waals surface area (Å²) in [5.41, 5.74) is 6.02. The normalized spacial score (nSPS) is 10.4. The fourth-order valence-corrected chi connectivity index (χ4v) is 2.16. The van der Waals surface area contributed by atoms with E-state index in [-0.39, 0.29) is 11.4 Å². The highest BCUT2D eigenvalue weighted by Gasteiger charge is 2.02. The SMILES string of the molecule is Nc1cc(=O)[nH]c(SCc2cccc(Cl)n2)n1. The van der Waals surface area contributed by atoms with Gasteiger partial charge < -0.3 is 10.7 Å². The van der Waals surface area contributed by atoms with Gasteiger partial charge in [-0.2, -0.15) is 0 Å². The number of halogens is 1. The molecule has 0 radical (unpaired) electrons. The maximum Gasteiger partial charge on any atom is 0.253 e. The second-order valence-corrected chi connectivity index (χ2v) is 4.57. The number of aromatic amines is 1. The van der Waals surface area contributed by atoms with Gasteiger partial charge in [0.2, 0.25) is 0 Å². The molecule has 7 heteroatoms. The van der Waals surface area contributed by atoms with Crippen molar-refractivity contribution in [1.82, 2.24) is 15.0 Å². The van der Waals surface area contributed by atoms with E-state index in [1.165, 1.54) is 17.8 Å². The quantitative estimate of drug-likeness (QED) is 0.503. The molecule has 0 atom stereocenters. The van der Waals surface area contributed by atoms with Crippen LogP contribution in [0.4, 0.5) is 5.82 Å². The molecule has 0 amide bonds. The molecule has 0 spiro atoms. The van der Waals surface area contributed by atoms with E-state index in [0.29, 0.717) is 16.1 Å². The summed E-state index contributed by atoms with van der Waals surface area (Å²) in [7, 11) is 0. The fourth-order valence-electron chi connectivity index (χ4n) is 1.19. The molecule has 0 aliphatic rings. The Morgan fingerprint density at radius 1 is 1.41 bits per heavy atom. The van der Waals surface area contributed by atoms with Crippen LogP contribution in [-0.4, -0.2) is 15.0 Å². The lowest BCUT2D eigenvalue weighted by atomic mass is 10.4. The zero-order valence-electron chi connectivity index (χ0n) is 8.68. The van der Waals surface area contributed by atoms with Crippen molar-refractivity contribution >= 4 is 29.2 Å². The number of H-pyrrole nitrogens is 1. The molecule has 0 aliphatic heterocycles. The zero-order chi connectivity index (χ0) is 12.3. The Hall–Kier alpha value is -1.53. The molecule has 0 unspecified atom stereocenters. The molecular formula is C10H9ClN4OS. The summed E-state index contributed by atoms with van der Waals surface area (Å²) in [6.45, 7) is 0. The number of anilines is 1. The van der Waals surface area contributed by atoms with Crippen molar-refractivity contribution in [3.8, 4) is 0 Å². The average molecular weight is 269 g/mol. The Labute approximate surface area is 106 Å². The molecule has 0 saturated carbocycles. The Bertz CT molecular complexity index is 587. The van der Waals surface area contributed by atoms with Gasteiger partial charge in [-0.05, 0) is 12.1 Å². The van der Waals surface area contributed by atoms with Crippen LogP contribution in [0.25, 0.3) is 0 Å². The first kappa shape index (κ1) is 11.9. The Morgan fingerprint density at radius 3 is 2.94 bits per heavy atom. The highest BCUT2D eigenvalue weighted by molar-refractivity contribution is 7.98. The standard InChI is InChI=1S/C10H9ClN4OS/c11-7-3-1-2-6(13-7)5-17-10-14-8(12)4-9(16)15-10/h1-4H,5H2,(H3,12,14,15,16). The van der Waals surface area contributed by atoms with Crippen molar-refractivity contribution in [2.45, 2.75) is 10.9 Å². The van der Waals surface area contributed by atoms with Crippen LogP contribution >= 0.6 is 23.4 Å². The van der Waals surface area contributed by atoms with Gasteiger partial charge in [0.25, 0.3) is 5.56 Å². The van der Waals surface area contributed by atoms with Crippen LogP contribution in [0, 0.1) is 0 Å². The molecule has 0 bridgehead atoms. The lowest BCUT2D eigenvalue weighted by Crippen LogP contribution is -2.09. The lowest BCUT2D eigenvalue weighted by molar-refractivity contribution is 0.943. The van der Waals surface area contributed by atoms with Crippen LogP contribution in [0.2, 0.25) is 5.15 Å². The minimum absolute atomic E-state index is 0.204. The highest BCUT2D eigenvalue weighted by atomic mass is 35.5. The van der Waals surface area contributed by atoms with Crippen molar-refractivity contribution in [2.24, 2.45) is 0 Å². The van der Waals surface area contributed by atoms with Gasteiger partial charge in [-0.3, -0.25) is 4.79 Å². The van der Waals surface area contributed by atoms with E-state index >= 15 is 0 Å². The number of nitrogens with zero attached hydrogens (tertiary/aromatic N) is 2. The molecule has 5 nitrogen and oxygen atoms in total. The van der Waals surface area contributed by atoms with E-state index in [1.807, 2.05) is 12.1 Å². The number of hydrogen-bond acceptors (Lipinski definition) is 5. The van der Waals surface area contributed by atoms with Gasteiger partial charge in [-0.1, -0.05) is 29.4 Å². The van der Waals surface area contributed by atoms with Gasteiger partial charge in [0, 0.05) is 11.8 Å². The monoisotopic (exact) mass is 268 g/mol. The summed E-state index contributed by atoms with van der Waals surface area (Å²) in [6, 6.07) is 6.61. The largest absolute Gasteiger partial charge is 0.383 e. The van der Waals surface area contributed by atoms with Crippen LogP contribution in [-0.2, 0) is 5.75 Å². The molecule has 88 valence electrons. The second-order valence-electron chi connectivity index (χ2n) is 3.22. The van der Waals surface area contributed by atoms with Crippen molar-refractivity contribution < 1.29 is 0 Å². The number of thioether (sulfide) groups is 1. The topological polar surface area (TPSA) is 84.7 Å². The number of rotatable bonds is 3. The summed E-state index contributed by atoms with van der Waals surface area (Å²) < 4.78 is 0. The van der Waals surface area contributed by atoms with Gasteiger partial charge in [0.1, 0.15) is 11.0 Å². The Kier molecular flexibility index (Phi) is 3.65. The van der Waals surface area contributed by atoms with Gasteiger partial charge in [-0.15, -0.1) is 0 Å². The fraction of sp³-hybridized carbons (Fsp3) is 0.100. The smallest absolute Gasteiger partial charge is 0.253 e. The molecule has 2 aromatic rings. The molecule has 0 saturated heterocycles. The molecule has 0 aliphatic carbocycles. The molecule has 2 aromatic heterocycles. The van der Waals surface area contributed by atoms with Crippen molar-refractivity contribution in [3.05, 3.63) is 45.5 Å². The van der Waals surface area contributed by atoms with Gasteiger partial charge in [0.05, 0.1) is 5.69 Å². The predicted octanol–water partition coefficient (Wildman–Crippen LogP) is 1.69. The number of nitrogens with two attached hydrogens (primary N) is 1. The maximum atomic E-state index is 11.2. The number of aromatic nitrogens is 3. The van der Waals surface area contributed by atoms with E-state index in [1.54, 1.807) is 6.07 Å². The number of hydrogen-bond donors (Lipinski definition) is 2. The molecule has 0 fully saturated rings. The van der Waals surface area contributed by atoms with Gasteiger partial charge in [0.15, 0.2) is 5.16 Å². The van der Waals surface area contributed by atoms with E-state index < -0.39 is 0 Å². The summed E-state index contributed by atoms with van der Waals surface area (Å²) >= 11 is 7.11. The van der Waals surface area contributed by atoms with E-state index in [4.69, 9.17) is 17.3 Å². The van der Waals surface area contributed by atoms with Gasteiger partial charge in [-0.25, -0.2) is 9.97 Å². The molecule has 0 aromatic carbocycles. The Morgan fingerprint density at radius 2 is 2.24 bits per heavy atom. The minimum Gasteiger partial charge on any atom is -0.383 e. The molecule has 2 heterocycles. The maximum absolute atomic E-state index is 11.2. The average Bonchev–Trinajstić information content (AvgIpc) is 2.25. The zero-order valence-corrected chi connectivity index (χ0v) is 10.3. The third-order valence-electron chi connectivity index (χ3n) is 1.87. The van der Waals surface area contributed by atoms with Crippen LogP contribution in [0.5, 0.6) is 0 Å². The predicted molar refractivity (Wildman–Crippen MR) is 68.1 cm³/mol. The highest BCUT2D eigenvalue weighted by Crippen LogP contribution is 2.18. The molecule has 2 rings (SSSR count). The van der Waals surface area contributed by atoms with Crippen LogP contribution in [0.3, 0.4) is 0 Å². The molecule has 17 heavy (non-hydrogen) atoms. The summed E-state index contributed by atoms with van der Waals surface area (Å²) in [6.07, 6.45) is 0. The minimum atomic E-state index is -0.265. The van der Waals surface area contributed by atoms with E-state index in [0.717, 1.165) is 5.69 Å². The summed E-state index contributed by atoms with van der Waals surface area (Å²) in [5, 5.41) is 0.911. The number of pyridine rings is 1. The number of nitrogens with one attached hydrogen (secondary N) is 1. The van der Waals surface area contributed by atoms with Crippen LogP contribution in [0.15, 0.2) is 34.2 Å². The van der Waals surface area contributed by atoms with Crippen molar-refractivity contribution in [1.29, 1.82) is 0 Å². The molecule has 3 N–H and O–H groups in total. The number of nitrogen functional groups attached to an aromatic ring is 1. The summed E-state index contributed by atoms with van der Waals surface area (Å²) in [5.74, 6) is 0.766. The third kappa shape index (κ3) is 3.47. The third-order valence-corrected chi connectivity index (χ3v) is 2.99. The van der Waals surface area contributed by atoms with Crippen molar-refractivity contribution in [2.75, 3.05) is 5.73 Å². The lowest BCUT2D eigenvalue weighted by Gasteiger charge is -2.01. The first-order valence-electron chi connectivity index (χ1n) is 4.74. The Balaban J connectivity index is 2.09. The first-order valence-corrected chi connectivity index (χ1v) is 6.11. The van der Waals surface area contributed by atoms with Crippen LogP contribution < -0.4 is 11.3 Å². The molecular weight excluding hydrogens is 260 g/mol. The van der Waals surface area contributed by atoms with Crippen molar-refractivity contribution in [3.63, 3.8) is 0 Å². The van der Waals surface area contributed by atoms with Gasteiger partial charge >= 0.3 is 0 Å².